The number of anilines is 2. The summed E-state index contributed by atoms with van der Waals surface area (Å²) in [4.78, 5) is 30.2. The zero-order valence-electron chi connectivity index (χ0n) is 17.0. The van der Waals surface area contributed by atoms with E-state index >= 15 is 0 Å². The van der Waals surface area contributed by atoms with Crippen LogP contribution in [-0.2, 0) is 9.53 Å². The molecule has 0 amide bonds. The molecule has 0 radical (unpaired) electrons. The Kier molecular flexibility index (Phi) is 8.02. The number of hydrogen-bond acceptors (Lipinski definition) is 9. The highest BCUT2D eigenvalue weighted by Gasteiger charge is 2.33. The highest BCUT2D eigenvalue weighted by molar-refractivity contribution is 9.10. The number of hydrogen-bond donors (Lipinski definition) is 2. The number of benzene rings is 1. The van der Waals surface area contributed by atoms with Crippen molar-refractivity contribution in [2.45, 2.75) is 31.7 Å². The second-order valence-electron chi connectivity index (χ2n) is 7.18. The van der Waals surface area contributed by atoms with Crippen LogP contribution in [0.3, 0.4) is 0 Å². The molecule has 1 aromatic heterocycles. The third-order valence-corrected chi connectivity index (χ3v) is 5.65. The predicted octanol–water partition coefficient (Wildman–Crippen LogP) is 4.39. The van der Waals surface area contributed by atoms with Crippen LogP contribution in [-0.4, -0.2) is 40.8 Å². The van der Waals surface area contributed by atoms with Crippen molar-refractivity contribution in [2.75, 3.05) is 18.4 Å². The summed E-state index contributed by atoms with van der Waals surface area (Å²) in [5.41, 5.74) is -0.374. The molecule has 0 saturated carbocycles. The summed E-state index contributed by atoms with van der Waals surface area (Å²) in [6.45, 7) is 1.80. The molecular weight excluding hydrogens is 515 g/mol. The molecule has 178 valence electrons. The highest BCUT2D eigenvalue weighted by atomic mass is 79.9. The van der Waals surface area contributed by atoms with Crippen molar-refractivity contribution in [1.82, 2.24) is 15.3 Å². The SMILES string of the molecule is O=COC(CC1CCNCC1)c1ncnc(Nc2ccc(OC(F)(F)F)cc2Br)c1[N+](=O)[O-]. The molecule has 1 unspecified atom stereocenters. The average molecular weight is 534 g/mol. The molecule has 2 heterocycles. The minimum absolute atomic E-state index is 0.0729. The minimum Gasteiger partial charge on any atom is -0.458 e. The quantitative estimate of drug-likeness (QED) is 0.273. The molecule has 1 aliphatic rings. The summed E-state index contributed by atoms with van der Waals surface area (Å²) in [6, 6.07) is 3.34. The Morgan fingerprint density at radius 1 is 1.33 bits per heavy atom. The van der Waals surface area contributed by atoms with Crippen LogP contribution in [0.4, 0.5) is 30.4 Å². The van der Waals surface area contributed by atoms with Crippen LogP contribution in [0.1, 0.15) is 31.1 Å². The Labute approximate surface area is 194 Å². The number of nitrogens with one attached hydrogen (secondary N) is 2. The Morgan fingerprint density at radius 3 is 2.67 bits per heavy atom. The van der Waals surface area contributed by atoms with Gasteiger partial charge < -0.3 is 20.1 Å². The molecule has 0 spiro atoms. The van der Waals surface area contributed by atoms with E-state index in [2.05, 4.69) is 41.3 Å². The van der Waals surface area contributed by atoms with Gasteiger partial charge in [0.2, 0.25) is 5.82 Å². The van der Waals surface area contributed by atoms with Crippen molar-refractivity contribution < 1.29 is 32.4 Å². The fourth-order valence-corrected chi connectivity index (χ4v) is 4.00. The number of halogens is 4. The van der Waals surface area contributed by atoms with Gasteiger partial charge in [0.25, 0.3) is 6.47 Å². The summed E-state index contributed by atoms with van der Waals surface area (Å²) in [5.74, 6) is -0.503. The maximum absolute atomic E-state index is 12.4. The number of piperidine rings is 1. The molecule has 0 bridgehead atoms. The molecule has 3 rings (SSSR count). The van der Waals surface area contributed by atoms with Gasteiger partial charge in [-0.2, -0.15) is 0 Å². The first kappa shape index (κ1) is 24.6. The topological polar surface area (TPSA) is 129 Å². The fourth-order valence-electron chi connectivity index (χ4n) is 3.54. The van der Waals surface area contributed by atoms with Gasteiger partial charge >= 0.3 is 12.0 Å². The summed E-state index contributed by atoms with van der Waals surface area (Å²) >= 11 is 3.11. The number of rotatable bonds is 9. The van der Waals surface area contributed by atoms with Crippen molar-refractivity contribution in [2.24, 2.45) is 5.92 Å². The van der Waals surface area contributed by atoms with Crippen LogP contribution >= 0.6 is 15.9 Å². The summed E-state index contributed by atoms with van der Waals surface area (Å²) in [7, 11) is 0. The molecule has 33 heavy (non-hydrogen) atoms. The van der Waals surface area contributed by atoms with Crippen LogP contribution in [0.5, 0.6) is 5.75 Å². The highest BCUT2D eigenvalue weighted by Crippen LogP contribution is 2.38. The number of carbonyl (C=O) groups excluding carboxylic acids is 1. The minimum atomic E-state index is -4.86. The van der Waals surface area contributed by atoms with E-state index in [-0.39, 0.29) is 34.1 Å². The second kappa shape index (κ2) is 10.7. The third-order valence-electron chi connectivity index (χ3n) is 4.99. The molecule has 14 heteroatoms. The summed E-state index contributed by atoms with van der Waals surface area (Å²) in [6.07, 6.45) is -2.74. The van der Waals surface area contributed by atoms with Crippen LogP contribution in [0, 0.1) is 16.0 Å². The van der Waals surface area contributed by atoms with Gasteiger partial charge in [0.05, 0.1) is 10.6 Å². The lowest BCUT2D eigenvalue weighted by Gasteiger charge is -2.26. The number of nitrogens with zero attached hydrogens (tertiary/aromatic N) is 3. The molecule has 1 atom stereocenters. The molecule has 2 aromatic rings. The molecule has 2 N–H and O–H groups in total. The second-order valence-corrected chi connectivity index (χ2v) is 8.03. The van der Waals surface area contributed by atoms with Crippen LogP contribution in [0.2, 0.25) is 0 Å². The Balaban J connectivity index is 1.91. The zero-order chi connectivity index (χ0) is 24.0. The number of aromatic nitrogens is 2. The monoisotopic (exact) mass is 533 g/mol. The number of nitro groups is 1. The molecule has 1 aromatic carbocycles. The van der Waals surface area contributed by atoms with E-state index in [4.69, 9.17) is 4.74 Å². The molecule has 1 aliphatic heterocycles. The predicted molar refractivity (Wildman–Crippen MR) is 113 cm³/mol. The van der Waals surface area contributed by atoms with E-state index in [1.807, 2.05) is 0 Å². The lowest BCUT2D eigenvalue weighted by atomic mass is 9.90. The van der Waals surface area contributed by atoms with Crippen LogP contribution in [0.25, 0.3) is 0 Å². The molecule has 1 fully saturated rings. The zero-order valence-corrected chi connectivity index (χ0v) is 18.6. The first-order chi connectivity index (χ1) is 15.7. The molecular formula is C19H19BrF3N5O5. The maximum atomic E-state index is 12.4. The summed E-state index contributed by atoms with van der Waals surface area (Å²) < 4.78 is 46.4. The van der Waals surface area contributed by atoms with Crippen LogP contribution in [0.15, 0.2) is 29.0 Å². The maximum Gasteiger partial charge on any atom is 0.573 e. The Hall–Kier alpha value is -3.00. The molecule has 10 nitrogen and oxygen atoms in total. The number of ether oxygens (including phenoxy) is 2. The third kappa shape index (κ3) is 6.74. The van der Waals surface area contributed by atoms with Crippen molar-refractivity contribution in [3.8, 4) is 5.75 Å². The van der Waals surface area contributed by atoms with E-state index in [1.54, 1.807) is 0 Å². The van der Waals surface area contributed by atoms with Crippen LogP contribution < -0.4 is 15.4 Å². The normalized spacial score (nSPS) is 15.5. The van der Waals surface area contributed by atoms with E-state index in [9.17, 15) is 28.1 Å². The van der Waals surface area contributed by atoms with Gasteiger partial charge in [-0.15, -0.1) is 13.2 Å². The lowest BCUT2D eigenvalue weighted by molar-refractivity contribution is -0.385. The van der Waals surface area contributed by atoms with E-state index < -0.39 is 28.8 Å². The Bertz CT molecular complexity index is 1000. The van der Waals surface area contributed by atoms with Gasteiger partial charge in [0, 0.05) is 4.47 Å². The number of alkyl halides is 3. The first-order valence-electron chi connectivity index (χ1n) is 9.79. The standard InChI is InChI=1S/C19H19BrF3N5O5/c20-13-8-12(33-19(21,22)23)1-2-14(13)27-18-17(28(30)31)16(25-9-26-18)15(32-10-29)7-11-3-5-24-6-4-11/h1-2,8-11,15,24H,3-7H2,(H,25,26,27). The summed E-state index contributed by atoms with van der Waals surface area (Å²) in [5, 5.41) is 17.8. The van der Waals surface area contributed by atoms with Crippen molar-refractivity contribution in [3.63, 3.8) is 0 Å². The van der Waals surface area contributed by atoms with Crippen molar-refractivity contribution in [1.29, 1.82) is 0 Å². The molecule has 1 saturated heterocycles. The van der Waals surface area contributed by atoms with E-state index in [0.717, 1.165) is 44.4 Å². The van der Waals surface area contributed by atoms with Gasteiger partial charge in [-0.1, -0.05) is 0 Å². The van der Waals surface area contributed by atoms with Gasteiger partial charge in [-0.25, -0.2) is 9.97 Å². The number of carbonyl (C=O) groups is 1. The van der Waals surface area contributed by atoms with Crippen molar-refractivity contribution >= 4 is 39.6 Å². The smallest absolute Gasteiger partial charge is 0.458 e. The average Bonchev–Trinajstić information content (AvgIpc) is 2.74. The van der Waals surface area contributed by atoms with Crippen molar-refractivity contribution in [3.05, 3.63) is 44.8 Å². The first-order valence-corrected chi connectivity index (χ1v) is 10.6. The van der Waals surface area contributed by atoms with E-state index in [1.165, 1.54) is 6.07 Å². The Morgan fingerprint density at radius 2 is 2.06 bits per heavy atom. The van der Waals surface area contributed by atoms with Gasteiger partial charge in [-0.3, -0.25) is 14.9 Å². The van der Waals surface area contributed by atoms with Gasteiger partial charge in [0.1, 0.15) is 12.1 Å². The van der Waals surface area contributed by atoms with E-state index in [0.29, 0.717) is 6.42 Å². The fraction of sp³-hybridized carbons (Fsp3) is 0.421. The largest absolute Gasteiger partial charge is 0.573 e. The molecule has 0 aliphatic carbocycles. The van der Waals surface area contributed by atoms with Gasteiger partial charge in [0.15, 0.2) is 11.8 Å². The van der Waals surface area contributed by atoms with Gasteiger partial charge in [-0.05, 0) is 72.4 Å². The lowest BCUT2D eigenvalue weighted by Crippen LogP contribution is -2.29.